The lowest BCUT2D eigenvalue weighted by Gasteiger charge is -2.03. The number of nitro groups is 1. The quantitative estimate of drug-likeness (QED) is 0.483. The molecule has 8 heteroatoms. The molecule has 3 rings (SSSR count). The van der Waals surface area contributed by atoms with Gasteiger partial charge in [-0.3, -0.25) is 14.9 Å². The smallest absolute Gasteiger partial charge is 0.286 e. The summed E-state index contributed by atoms with van der Waals surface area (Å²) in [7, 11) is 0. The molecule has 0 aliphatic rings. The van der Waals surface area contributed by atoms with Crippen molar-refractivity contribution in [1.82, 2.24) is 4.57 Å². The molecule has 6 nitrogen and oxygen atoms in total. The summed E-state index contributed by atoms with van der Waals surface area (Å²) in [6, 6.07) is 8.01. The van der Waals surface area contributed by atoms with Gasteiger partial charge in [-0.25, -0.2) is 0 Å². The van der Waals surface area contributed by atoms with E-state index in [2.05, 4.69) is 11.1 Å². The zero-order chi connectivity index (χ0) is 19.0. The lowest BCUT2D eigenvalue weighted by atomic mass is 10.1. The maximum atomic E-state index is 12.7. The zero-order valence-electron chi connectivity index (χ0n) is 14.4. The van der Waals surface area contributed by atoms with E-state index in [1.807, 2.05) is 31.4 Å². The average Bonchev–Trinajstić information content (AvgIpc) is 2.91. The van der Waals surface area contributed by atoms with Gasteiger partial charge in [-0.2, -0.15) is 4.99 Å². The van der Waals surface area contributed by atoms with Crippen molar-refractivity contribution in [2.24, 2.45) is 4.99 Å². The van der Waals surface area contributed by atoms with Crippen LogP contribution in [-0.2, 0) is 6.54 Å². The van der Waals surface area contributed by atoms with Crippen molar-refractivity contribution >= 4 is 44.7 Å². The predicted octanol–water partition coefficient (Wildman–Crippen LogP) is 4.64. The molecule has 3 aromatic rings. The Morgan fingerprint density at radius 1 is 1.31 bits per heavy atom. The van der Waals surface area contributed by atoms with Crippen LogP contribution >= 0.6 is 22.9 Å². The minimum Gasteiger partial charge on any atom is -0.317 e. The third-order valence-electron chi connectivity index (χ3n) is 4.01. The first-order valence-corrected chi connectivity index (χ1v) is 9.15. The molecule has 0 N–H and O–H groups in total. The zero-order valence-corrected chi connectivity index (χ0v) is 16.0. The molecule has 0 atom stereocenters. The van der Waals surface area contributed by atoms with Gasteiger partial charge in [-0.05, 0) is 50.1 Å². The molecule has 0 saturated heterocycles. The monoisotopic (exact) mass is 389 g/mol. The fraction of sp³-hybridized carbons (Fsp3) is 0.222. The van der Waals surface area contributed by atoms with Crippen molar-refractivity contribution in [3.8, 4) is 0 Å². The number of fused-ring (bicyclic) bond motifs is 1. The van der Waals surface area contributed by atoms with E-state index in [1.165, 1.54) is 29.5 Å². The maximum absolute atomic E-state index is 12.7. The van der Waals surface area contributed by atoms with Crippen LogP contribution in [0.15, 0.2) is 35.3 Å². The van der Waals surface area contributed by atoms with Crippen LogP contribution in [0.2, 0.25) is 5.02 Å². The molecule has 26 heavy (non-hydrogen) atoms. The van der Waals surface area contributed by atoms with Crippen molar-refractivity contribution < 1.29 is 9.72 Å². The molecule has 134 valence electrons. The van der Waals surface area contributed by atoms with Crippen LogP contribution in [0.1, 0.15) is 28.4 Å². The summed E-state index contributed by atoms with van der Waals surface area (Å²) in [4.78, 5) is 27.9. The Morgan fingerprint density at radius 3 is 2.69 bits per heavy atom. The second-order valence-electron chi connectivity index (χ2n) is 5.89. The summed E-state index contributed by atoms with van der Waals surface area (Å²) >= 11 is 7.31. The molecular formula is C18H16ClN3O3S. The molecule has 1 heterocycles. The predicted molar refractivity (Wildman–Crippen MR) is 103 cm³/mol. The first-order valence-electron chi connectivity index (χ1n) is 7.95. The molecule has 1 amide bonds. The number of aromatic nitrogens is 1. The number of thiazole rings is 1. The van der Waals surface area contributed by atoms with Crippen LogP contribution < -0.4 is 4.80 Å². The summed E-state index contributed by atoms with van der Waals surface area (Å²) in [5.41, 5.74) is 2.81. The number of halogens is 1. The third kappa shape index (κ3) is 3.27. The SMILES string of the molecule is CCn1c(=NC(=O)c2cc(Cl)ccc2[N+](=O)[O-])sc2c(C)cc(C)cc21. The standard InChI is InChI=1S/C18H16ClN3O3S/c1-4-21-15-8-10(2)7-11(3)16(15)26-18(21)20-17(23)13-9-12(19)5-6-14(13)22(24)25/h5-9H,4H2,1-3H3. The lowest BCUT2D eigenvalue weighted by molar-refractivity contribution is -0.385. The number of nitro benzene ring substituents is 1. The highest BCUT2D eigenvalue weighted by atomic mass is 35.5. The van der Waals surface area contributed by atoms with Crippen LogP contribution in [0.3, 0.4) is 0 Å². The molecule has 0 bridgehead atoms. The topological polar surface area (TPSA) is 77.5 Å². The van der Waals surface area contributed by atoms with Gasteiger partial charge in [0, 0.05) is 17.6 Å². The van der Waals surface area contributed by atoms with Gasteiger partial charge in [0.25, 0.3) is 11.6 Å². The van der Waals surface area contributed by atoms with E-state index in [9.17, 15) is 14.9 Å². The van der Waals surface area contributed by atoms with Gasteiger partial charge >= 0.3 is 0 Å². The minimum atomic E-state index is -0.678. The highest BCUT2D eigenvalue weighted by Crippen LogP contribution is 2.25. The molecule has 0 radical (unpaired) electrons. The molecule has 0 saturated carbocycles. The van der Waals surface area contributed by atoms with Crippen molar-refractivity contribution in [2.75, 3.05) is 0 Å². The average molecular weight is 390 g/mol. The Labute approximate surface area is 158 Å². The first kappa shape index (κ1) is 18.3. The highest BCUT2D eigenvalue weighted by molar-refractivity contribution is 7.16. The van der Waals surface area contributed by atoms with Crippen LogP contribution in [0, 0.1) is 24.0 Å². The molecule has 1 aromatic heterocycles. The normalized spacial score (nSPS) is 11.9. The number of aryl methyl sites for hydroxylation is 3. The van der Waals surface area contributed by atoms with Gasteiger partial charge in [0.2, 0.25) is 0 Å². The van der Waals surface area contributed by atoms with Gasteiger partial charge in [0.05, 0.1) is 15.1 Å². The summed E-state index contributed by atoms with van der Waals surface area (Å²) in [6.45, 7) is 6.63. The second-order valence-corrected chi connectivity index (χ2v) is 7.31. The number of hydrogen-bond acceptors (Lipinski definition) is 4. The molecule has 0 aliphatic heterocycles. The number of carbonyl (C=O) groups is 1. The van der Waals surface area contributed by atoms with Crippen LogP contribution in [0.4, 0.5) is 5.69 Å². The fourth-order valence-electron chi connectivity index (χ4n) is 2.89. The van der Waals surface area contributed by atoms with Gasteiger partial charge in [0.1, 0.15) is 5.56 Å². The van der Waals surface area contributed by atoms with E-state index in [1.54, 1.807) is 0 Å². The van der Waals surface area contributed by atoms with Gasteiger partial charge in [0.15, 0.2) is 4.80 Å². The van der Waals surface area contributed by atoms with Crippen LogP contribution in [-0.4, -0.2) is 15.4 Å². The highest BCUT2D eigenvalue weighted by Gasteiger charge is 2.20. The maximum Gasteiger partial charge on any atom is 0.286 e. The van der Waals surface area contributed by atoms with Crippen molar-refractivity contribution in [3.05, 3.63) is 67.0 Å². The van der Waals surface area contributed by atoms with E-state index >= 15 is 0 Å². The summed E-state index contributed by atoms with van der Waals surface area (Å²) in [6.07, 6.45) is 0. The van der Waals surface area contributed by atoms with E-state index in [4.69, 9.17) is 11.6 Å². The Balaban J connectivity index is 2.23. The molecule has 0 aliphatic carbocycles. The first-order chi connectivity index (χ1) is 12.3. The third-order valence-corrected chi connectivity index (χ3v) is 5.48. The molecule has 0 fully saturated rings. The van der Waals surface area contributed by atoms with Gasteiger partial charge < -0.3 is 4.57 Å². The summed E-state index contributed by atoms with van der Waals surface area (Å²) in [5, 5.41) is 11.5. The molecular weight excluding hydrogens is 374 g/mol. The Bertz CT molecular complexity index is 1110. The second kappa shape index (κ2) is 7.01. The number of nitrogens with zero attached hydrogens (tertiary/aromatic N) is 3. The van der Waals surface area contributed by atoms with E-state index < -0.39 is 10.8 Å². The number of carbonyl (C=O) groups excluding carboxylic acids is 1. The largest absolute Gasteiger partial charge is 0.317 e. The van der Waals surface area contributed by atoms with Crippen LogP contribution in [0.5, 0.6) is 0 Å². The molecule has 0 spiro atoms. The van der Waals surface area contributed by atoms with Crippen LogP contribution in [0.25, 0.3) is 10.2 Å². The van der Waals surface area contributed by atoms with E-state index in [0.717, 1.165) is 21.3 Å². The fourth-order valence-corrected chi connectivity index (χ4v) is 4.20. The van der Waals surface area contributed by atoms with Crippen molar-refractivity contribution in [2.45, 2.75) is 27.3 Å². The minimum absolute atomic E-state index is 0.115. The van der Waals surface area contributed by atoms with Crippen molar-refractivity contribution in [1.29, 1.82) is 0 Å². The summed E-state index contributed by atoms with van der Waals surface area (Å²) in [5.74, 6) is -0.678. The van der Waals surface area contributed by atoms with Gasteiger partial charge in [-0.1, -0.05) is 29.0 Å². The number of hydrogen-bond donors (Lipinski definition) is 0. The number of benzene rings is 2. The van der Waals surface area contributed by atoms with Gasteiger partial charge in [-0.15, -0.1) is 0 Å². The number of rotatable bonds is 3. The Morgan fingerprint density at radius 2 is 2.04 bits per heavy atom. The number of amides is 1. The lowest BCUT2D eigenvalue weighted by Crippen LogP contribution is -2.16. The van der Waals surface area contributed by atoms with E-state index in [-0.39, 0.29) is 16.3 Å². The summed E-state index contributed by atoms with van der Waals surface area (Å²) < 4.78 is 2.98. The Hall–Kier alpha value is -2.51. The van der Waals surface area contributed by atoms with Crippen molar-refractivity contribution in [3.63, 3.8) is 0 Å². The molecule has 0 unspecified atom stereocenters. The molecule has 2 aromatic carbocycles. The van der Waals surface area contributed by atoms with E-state index in [0.29, 0.717) is 11.3 Å². The Kier molecular flexibility index (Phi) is 4.93.